The van der Waals surface area contributed by atoms with Crippen LogP contribution < -0.4 is 0 Å². The first-order valence-electron chi connectivity index (χ1n) is 4.31. The lowest BCUT2D eigenvalue weighted by atomic mass is 10.1. The van der Waals surface area contributed by atoms with Crippen molar-refractivity contribution in [2.75, 3.05) is 0 Å². The van der Waals surface area contributed by atoms with E-state index in [0.29, 0.717) is 0 Å². The van der Waals surface area contributed by atoms with Crippen molar-refractivity contribution < 1.29 is 13.2 Å². The first-order chi connectivity index (χ1) is 6.50. The number of rotatable bonds is 1. The molecule has 1 fully saturated rings. The normalized spacial score (nSPS) is 26.3. The molecule has 14 heavy (non-hydrogen) atoms. The van der Waals surface area contributed by atoms with E-state index in [1.807, 2.05) is 0 Å². The highest BCUT2D eigenvalue weighted by atomic mass is 79.9. The summed E-state index contributed by atoms with van der Waals surface area (Å²) < 4.78 is 37.7. The molecule has 0 unspecified atom stereocenters. The van der Waals surface area contributed by atoms with Crippen LogP contribution in [0.3, 0.4) is 0 Å². The van der Waals surface area contributed by atoms with Gasteiger partial charge in [0.2, 0.25) is 0 Å². The van der Waals surface area contributed by atoms with Crippen LogP contribution in [0.1, 0.15) is 17.9 Å². The van der Waals surface area contributed by atoms with Gasteiger partial charge in [-0.3, -0.25) is 0 Å². The third-order valence-corrected chi connectivity index (χ3v) is 3.24. The molecule has 0 aromatic heterocycles. The fourth-order valence-corrected chi connectivity index (χ4v) is 2.26. The van der Waals surface area contributed by atoms with E-state index < -0.39 is 12.1 Å². The van der Waals surface area contributed by atoms with Gasteiger partial charge in [0.25, 0.3) is 0 Å². The van der Waals surface area contributed by atoms with Crippen LogP contribution in [-0.4, -0.2) is 6.18 Å². The fraction of sp³-hybridized carbons (Fsp3) is 0.400. The predicted molar refractivity (Wildman–Crippen MR) is 51.0 cm³/mol. The van der Waals surface area contributed by atoms with E-state index in [0.717, 1.165) is 10.0 Å². The third kappa shape index (κ3) is 1.80. The van der Waals surface area contributed by atoms with Gasteiger partial charge >= 0.3 is 6.18 Å². The zero-order valence-corrected chi connectivity index (χ0v) is 8.77. The lowest BCUT2D eigenvalue weighted by Gasteiger charge is -2.06. The molecule has 2 rings (SSSR count). The lowest BCUT2D eigenvalue weighted by Crippen LogP contribution is -2.11. The second kappa shape index (κ2) is 3.26. The molecule has 2 atom stereocenters. The summed E-state index contributed by atoms with van der Waals surface area (Å²) >= 11 is 3.26. The van der Waals surface area contributed by atoms with E-state index in [2.05, 4.69) is 15.9 Å². The van der Waals surface area contributed by atoms with E-state index in [-0.39, 0.29) is 12.3 Å². The van der Waals surface area contributed by atoms with Crippen LogP contribution in [0, 0.1) is 5.92 Å². The average Bonchev–Trinajstić information content (AvgIpc) is 2.83. The number of alkyl halides is 3. The molecule has 0 spiro atoms. The third-order valence-electron chi connectivity index (χ3n) is 2.52. The first-order valence-corrected chi connectivity index (χ1v) is 5.10. The molecule has 0 N–H and O–H groups in total. The second-order valence-electron chi connectivity index (χ2n) is 3.51. The monoisotopic (exact) mass is 264 g/mol. The Balaban J connectivity index is 2.18. The molecule has 0 amide bonds. The summed E-state index contributed by atoms with van der Waals surface area (Å²) in [6.45, 7) is 0. The molecule has 76 valence electrons. The van der Waals surface area contributed by atoms with E-state index in [1.54, 1.807) is 24.3 Å². The molecule has 1 aliphatic rings. The maximum absolute atomic E-state index is 12.3. The smallest absolute Gasteiger partial charge is 0.171 e. The van der Waals surface area contributed by atoms with Crippen LogP contribution in [0.15, 0.2) is 28.7 Å². The Morgan fingerprint density at radius 1 is 1.21 bits per heavy atom. The van der Waals surface area contributed by atoms with Crippen LogP contribution in [0.5, 0.6) is 0 Å². The molecule has 1 aromatic rings. The average molecular weight is 265 g/mol. The predicted octanol–water partition coefficient (Wildman–Crippen LogP) is 4.11. The van der Waals surface area contributed by atoms with Gasteiger partial charge in [-0.15, -0.1) is 0 Å². The van der Waals surface area contributed by atoms with Crippen LogP contribution in [0.2, 0.25) is 0 Å². The van der Waals surface area contributed by atoms with Crippen molar-refractivity contribution in [2.45, 2.75) is 18.5 Å². The SMILES string of the molecule is FC(F)(F)[C@@H]1C[C@H]1c1ccccc1Br. The van der Waals surface area contributed by atoms with Gasteiger partial charge in [-0.1, -0.05) is 34.1 Å². The summed E-state index contributed by atoms with van der Waals surface area (Å²) in [7, 11) is 0. The molecule has 0 aliphatic heterocycles. The van der Waals surface area contributed by atoms with E-state index >= 15 is 0 Å². The van der Waals surface area contributed by atoms with Crippen molar-refractivity contribution in [3.63, 3.8) is 0 Å². The summed E-state index contributed by atoms with van der Waals surface area (Å²) in [5.74, 6) is -1.48. The standard InChI is InChI=1S/C10H8BrF3/c11-9-4-2-1-3-6(9)7-5-8(7)10(12,13)14/h1-4,7-8H,5H2/t7-,8+/m0/s1. The van der Waals surface area contributed by atoms with Gasteiger partial charge in [0, 0.05) is 4.47 Å². The summed E-state index contributed by atoms with van der Waals surface area (Å²) in [6.07, 6.45) is -3.81. The van der Waals surface area contributed by atoms with Crippen molar-refractivity contribution in [3.8, 4) is 0 Å². The fourth-order valence-electron chi connectivity index (χ4n) is 1.68. The highest BCUT2D eigenvalue weighted by Crippen LogP contribution is 2.57. The summed E-state index contributed by atoms with van der Waals surface area (Å²) in [6, 6.07) is 7.10. The van der Waals surface area contributed by atoms with Gasteiger partial charge in [-0.25, -0.2) is 0 Å². The van der Waals surface area contributed by atoms with Crippen LogP contribution >= 0.6 is 15.9 Å². The molecule has 0 bridgehead atoms. The van der Waals surface area contributed by atoms with Gasteiger partial charge in [0.1, 0.15) is 0 Å². The minimum atomic E-state index is -4.04. The highest BCUT2D eigenvalue weighted by molar-refractivity contribution is 9.10. The molecule has 1 aliphatic carbocycles. The minimum Gasteiger partial charge on any atom is -0.171 e. The van der Waals surface area contributed by atoms with Crippen molar-refractivity contribution in [1.29, 1.82) is 0 Å². The Kier molecular flexibility index (Phi) is 2.33. The molecule has 0 radical (unpaired) electrons. The lowest BCUT2D eigenvalue weighted by molar-refractivity contribution is -0.148. The number of benzene rings is 1. The van der Waals surface area contributed by atoms with Gasteiger partial charge < -0.3 is 0 Å². The zero-order chi connectivity index (χ0) is 10.3. The van der Waals surface area contributed by atoms with Crippen molar-refractivity contribution >= 4 is 15.9 Å². The topological polar surface area (TPSA) is 0 Å². The van der Waals surface area contributed by atoms with Crippen molar-refractivity contribution in [2.24, 2.45) is 5.92 Å². The molecule has 0 saturated heterocycles. The van der Waals surface area contributed by atoms with Gasteiger partial charge in [-0.2, -0.15) is 13.2 Å². The highest BCUT2D eigenvalue weighted by Gasteiger charge is 2.56. The van der Waals surface area contributed by atoms with Crippen molar-refractivity contribution in [1.82, 2.24) is 0 Å². The Hall–Kier alpha value is -0.510. The molecule has 0 heterocycles. The summed E-state index contributed by atoms with van der Waals surface area (Å²) in [5.41, 5.74) is 0.773. The number of hydrogen-bond donors (Lipinski definition) is 0. The summed E-state index contributed by atoms with van der Waals surface area (Å²) in [4.78, 5) is 0. The maximum atomic E-state index is 12.3. The molecule has 0 nitrogen and oxygen atoms in total. The van der Waals surface area contributed by atoms with Crippen molar-refractivity contribution in [3.05, 3.63) is 34.3 Å². The maximum Gasteiger partial charge on any atom is 0.392 e. The first kappa shape index (κ1) is 10.0. The zero-order valence-electron chi connectivity index (χ0n) is 7.18. The van der Waals surface area contributed by atoms with Crippen LogP contribution in [-0.2, 0) is 0 Å². The largest absolute Gasteiger partial charge is 0.392 e. The molecular weight excluding hydrogens is 257 g/mol. The van der Waals surface area contributed by atoms with Crippen LogP contribution in [0.4, 0.5) is 13.2 Å². The summed E-state index contributed by atoms with van der Waals surface area (Å²) in [5, 5.41) is 0. The Morgan fingerprint density at radius 3 is 2.36 bits per heavy atom. The van der Waals surface area contributed by atoms with E-state index in [9.17, 15) is 13.2 Å². The van der Waals surface area contributed by atoms with Gasteiger partial charge in [-0.05, 0) is 24.0 Å². The molecular formula is C10H8BrF3. The Morgan fingerprint density at radius 2 is 1.86 bits per heavy atom. The molecule has 1 saturated carbocycles. The number of hydrogen-bond acceptors (Lipinski definition) is 0. The van der Waals surface area contributed by atoms with E-state index in [4.69, 9.17) is 0 Å². The van der Waals surface area contributed by atoms with E-state index in [1.165, 1.54) is 0 Å². The van der Waals surface area contributed by atoms with Crippen LogP contribution in [0.25, 0.3) is 0 Å². The number of halogens is 4. The van der Waals surface area contributed by atoms with Gasteiger partial charge in [0.15, 0.2) is 0 Å². The quantitative estimate of drug-likeness (QED) is 0.716. The second-order valence-corrected chi connectivity index (χ2v) is 4.37. The Bertz CT molecular complexity index is 345. The molecule has 1 aromatic carbocycles. The molecule has 4 heteroatoms. The minimum absolute atomic E-state index is 0.228. The van der Waals surface area contributed by atoms with Gasteiger partial charge in [0.05, 0.1) is 5.92 Å². The Labute approximate surface area is 88.2 Å².